The van der Waals surface area contributed by atoms with Gasteiger partial charge in [0.1, 0.15) is 16.0 Å². The Morgan fingerprint density at radius 3 is 2.50 bits per heavy atom. The van der Waals surface area contributed by atoms with Crippen molar-refractivity contribution >= 4 is 15.8 Å². The van der Waals surface area contributed by atoms with E-state index in [9.17, 15) is 17.6 Å². The Labute approximate surface area is 82.4 Å². The molecule has 1 heterocycles. The largest absolute Gasteiger partial charge is 0.469 e. The summed E-state index contributed by atoms with van der Waals surface area (Å²) in [7, 11) is -2.00. The van der Waals surface area contributed by atoms with Crippen molar-refractivity contribution in [1.82, 2.24) is 0 Å². The van der Waals surface area contributed by atoms with Crippen molar-refractivity contribution in [3.05, 3.63) is 0 Å². The molecule has 0 aromatic rings. The molecule has 1 fully saturated rings. The first-order chi connectivity index (χ1) is 6.46. The van der Waals surface area contributed by atoms with Gasteiger partial charge in [-0.25, -0.2) is 12.8 Å². The van der Waals surface area contributed by atoms with Crippen molar-refractivity contribution < 1.29 is 22.3 Å². The third-order valence-corrected chi connectivity index (χ3v) is 4.10. The predicted molar refractivity (Wildman–Crippen MR) is 48.3 cm³/mol. The second kappa shape index (κ2) is 4.25. The van der Waals surface area contributed by atoms with Gasteiger partial charge in [0.05, 0.1) is 24.5 Å². The lowest BCUT2D eigenvalue weighted by molar-refractivity contribution is -0.147. The molecule has 1 saturated heterocycles. The number of carbonyl (C=O) groups excluding carboxylic acids is 1. The summed E-state index contributed by atoms with van der Waals surface area (Å²) in [5, 5.41) is 0. The maximum atomic E-state index is 13.3. The third kappa shape index (κ3) is 2.67. The minimum absolute atomic E-state index is 0.0240. The highest BCUT2D eigenvalue weighted by atomic mass is 32.2. The van der Waals surface area contributed by atoms with Crippen LogP contribution in [0.3, 0.4) is 0 Å². The lowest BCUT2D eigenvalue weighted by Crippen LogP contribution is -2.26. The Balaban J connectivity index is 2.75. The van der Waals surface area contributed by atoms with Crippen molar-refractivity contribution in [2.45, 2.75) is 19.0 Å². The van der Waals surface area contributed by atoms with Crippen LogP contribution in [-0.2, 0) is 19.4 Å². The highest BCUT2D eigenvalue weighted by Crippen LogP contribution is 2.23. The van der Waals surface area contributed by atoms with E-state index in [0.717, 1.165) is 0 Å². The molecule has 0 N–H and O–H groups in total. The highest BCUT2D eigenvalue weighted by molar-refractivity contribution is 7.91. The van der Waals surface area contributed by atoms with E-state index < -0.39 is 27.9 Å². The number of hydrogen-bond donors (Lipinski definition) is 0. The summed E-state index contributed by atoms with van der Waals surface area (Å²) in [6.45, 7) is 0. The molecule has 82 valence electrons. The molecule has 1 aliphatic heterocycles. The Kier molecular flexibility index (Phi) is 3.47. The molecule has 4 nitrogen and oxygen atoms in total. The molecule has 0 saturated carbocycles. The summed E-state index contributed by atoms with van der Waals surface area (Å²) in [6, 6.07) is 0. The zero-order chi connectivity index (χ0) is 10.8. The molecule has 0 aromatic heterocycles. The minimum Gasteiger partial charge on any atom is -0.469 e. The predicted octanol–water partition coefficient (Wildman–Crippen LogP) is 0.322. The van der Waals surface area contributed by atoms with E-state index in [-0.39, 0.29) is 24.3 Å². The van der Waals surface area contributed by atoms with Crippen LogP contribution < -0.4 is 0 Å². The number of sulfone groups is 1. The molecule has 0 radical (unpaired) electrons. The van der Waals surface area contributed by atoms with Crippen molar-refractivity contribution in [2.24, 2.45) is 5.92 Å². The maximum absolute atomic E-state index is 13.3. The van der Waals surface area contributed by atoms with E-state index in [4.69, 9.17) is 0 Å². The van der Waals surface area contributed by atoms with Gasteiger partial charge < -0.3 is 4.74 Å². The van der Waals surface area contributed by atoms with Crippen LogP contribution in [0.4, 0.5) is 4.39 Å². The van der Waals surface area contributed by atoms with Gasteiger partial charge in [-0.3, -0.25) is 4.79 Å². The summed E-state index contributed by atoms with van der Waals surface area (Å²) >= 11 is 0. The molecule has 0 spiro atoms. The maximum Gasteiger partial charge on any atom is 0.311 e. The van der Waals surface area contributed by atoms with E-state index in [1.54, 1.807) is 0 Å². The van der Waals surface area contributed by atoms with E-state index in [0.29, 0.717) is 0 Å². The number of ether oxygens (including phenoxy) is 1. The van der Waals surface area contributed by atoms with Gasteiger partial charge in [-0.05, 0) is 12.8 Å². The highest BCUT2D eigenvalue weighted by Gasteiger charge is 2.34. The summed E-state index contributed by atoms with van der Waals surface area (Å²) in [6.07, 6.45) is -1.49. The van der Waals surface area contributed by atoms with Gasteiger partial charge in [-0.1, -0.05) is 0 Å². The number of carbonyl (C=O) groups is 1. The molecule has 0 amide bonds. The van der Waals surface area contributed by atoms with Gasteiger partial charge in [0.15, 0.2) is 0 Å². The van der Waals surface area contributed by atoms with Crippen molar-refractivity contribution in [3.8, 4) is 0 Å². The first-order valence-electron chi connectivity index (χ1n) is 4.38. The molecular weight excluding hydrogens is 211 g/mol. The summed E-state index contributed by atoms with van der Waals surface area (Å²) in [5.74, 6) is -1.89. The van der Waals surface area contributed by atoms with Crippen molar-refractivity contribution in [1.29, 1.82) is 0 Å². The van der Waals surface area contributed by atoms with Gasteiger partial charge in [0, 0.05) is 0 Å². The third-order valence-electron chi connectivity index (χ3n) is 2.39. The Morgan fingerprint density at radius 1 is 1.36 bits per heavy atom. The summed E-state index contributed by atoms with van der Waals surface area (Å²) in [5.41, 5.74) is 0. The molecular formula is C8H13FO4S. The van der Waals surface area contributed by atoms with E-state index in [1.807, 2.05) is 0 Å². The smallest absolute Gasteiger partial charge is 0.311 e. The second-order valence-corrected chi connectivity index (χ2v) is 5.68. The topological polar surface area (TPSA) is 60.4 Å². The summed E-state index contributed by atoms with van der Waals surface area (Å²) < 4.78 is 40.0. The first kappa shape index (κ1) is 11.4. The van der Waals surface area contributed by atoms with Crippen molar-refractivity contribution in [3.63, 3.8) is 0 Å². The van der Waals surface area contributed by atoms with E-state index >= 15 is 0 Å². The number of hydrogen-bond acceptors (Lipinski definition) is 4. The fourth-order valence-electron chi connectivity index (χ4n) is 1.50. The standard InChI is InChI=1S/C8H13FO4S/c1-13-8(10)6-2-4-14(11,12)5-3-7(6)9/h6-7H,2-5H2,1H3/t6-,7+/m0/s1. The van der Waals surface area contributed by atoms with Crippen LogP contribution in [0.5, 0.6) is 0 Å². The van der Waals surface area contributed by atoms with Gasteiger partial charge >= 0.3 is 5.97 Å². The van der Waals surface area contributed by atoms with Crippen LogP contribution in [0.2, 0.25) is 0 Å². The average Bonchev–Trinajstić information content (AvgIpc) is 2.26. The van der Waals surface area contributed by atoms with Crippen LogP contribution in [0.15, 0.2) is 0 Å². The van der Waals surface area contributed by atoms with Crippen LogP contribution in [0.25, 0.3) is 0 Å². The van der Waals surface area contributed by atoms with Crippen LogP contribution in [0.1, 0.15) is 12.8 Å². The van der Waals surface area contributed by atoms with Gasteiger partial charge in [-0.15, -0.1) is 0 Å². The zero-order valence-corrected chi connectivity index (χ0v) is 8.72. The zero-order valence-electron chi connectivity index (χ0n) is 7.90. The monoisotopic (exact) mass is 224 g/mol. The van der Waals surface area contributed by atoms with Crippen LogP contribution in [0, 0.1) is 5.92 Å². The van der Waals surface area contributed by atoms with Crippen molar-refractivity contribution in [2.75, 3.05) is 18.6 Å². The van der Waals surface area contributed by atoms with E-state index in [1.165, 1.54) is 7.11 Å². The molecule has 1 aliphatic rings. The molecule has 6 heteroatoms. The summed E-state index contributed by atoms with van der Waals surface area (Å²) in [4.78, 5) is 11.1. The van der Waals surface area contributed by atoms with Gasteiger partial charge in [0.25, 0.3) is 0 Å². The van der Waals surface area contributed by atoms with E-state index in [2.05, 4.69) is 4.74 Å². The molecule has 0 aliphatic carbocycles. The Morgan fingerprint density at radius 2 is 1.93 bits per heavy atom. The number of halogens is 1. The quantitative estimate of drug-likeness (QED) is 0.602. The van der Waals surface area contributed by atoms with Gasteiger partial charge in [0.2, 0.25) is 0 Å². The normalized spacial score (nSPS) is 31.9. The average molecular weight is 224 g/mol. The molecule has 2 atom stereocenters. The number of rotatable bonds is 1. The Hall–Kier alpha value is -0.650. The lowest BCUT2D eigenvalue weighted by atomic mass is 9.99. The van der Waals surface area contributed by atoms with Gasteiger partial charge in [-0.2, -0.15) is 0 Å². The second-order valence-electron chi connectivity index (χ2n) is 3.37. The molecule has 1 rings (SSSR count). The van der Waals surface area contributed by atoms with Crippen LogP contribution >= 0.6 is 0 Å². The molecule has 0 bridgehead atoms. The molecule has 0 aromatic carbocycles. The first-order valence-corrected chi connectivity index (χ1v) is 6.21. The lowest BCUT2D eigenvalue weighted by Gasteiger charge is -2.14. The number of alkyl halides is 1. The fourth-order valence-corrected chi connectivity index (χ4v) is 2.90. The van der Waals surface area contributed by atoms with Crippen LogP contribution in [-0.4, -0.2) is 39.2 Å². The molecule has 14 heavy (non-hydrogen) atoms. The number of methoxy groups -OCH3 is 1. The number of esters is 1. The Bertz CT molecular complexity index is 311. The minimum atomic E-state index is -3.17. The molecule has 0 unspecified atom stereocenters. The SMILES string of the molecule is COC(=O)[C@H]1CCS(=O)(=O)CC[C@H]1F. The fraction of sp³-hybridized carbons (Fsp3) is 0.875.